The predicted molar refractivity (Wildman–Crippen MR) is 422 cm³/mol. The number of imidazole rings is 3. The summed E-state index contributed by atoms with van der Waals surface area (Å²) in [4.78, 5) is 14.8. The summed E-state index contributed by atoms with van der Waals surface area (Å²) >= 11 is 0. The summed E-state index contributed by atoms with van der Waals surface area (Å²) in [5.74, 6) is 0. The van der Waals surface area contributed by atoms with Crippen molar-refractivity contribution in [3.8, 4) is 0 Å². The number of rotatable bonds is 9. The van der Waals surface area contributed by atoms with Gasteiger partial charge in [0.15, 0.2) is 0 Å². The number of hydrogen-bond acceptors (Lipinski definition) is 3. The Hall–Kier alpha value is -0.860. The van der Waals surface area contributed by atoms with Crippen molar-refractivity contribution < 1.29 is 58.4 Å². The van der Waals surface area contributed by atoms with Gasteiger partial charge in [-0.25, -0.2) is 46.0 Å². The first-order valence-electron chi connectivity index (χ1n) is 31.2. The maximum absolute atomic E-state index is 7.44. The van der Waals surface area contributed by atoms with Gasteiger partial charge in [-0.3, -0.25) is 0 Å². The van der Waals surface area contributed by atoms with E-state index in [0.29, 0.717) is 11.3 Å². The molecule has 6 rings (SSSR count). The molecule has 0 radical (unpaired) electrons. The molecule has 0 N–H and O–H groups in total. The third-order valence-electron chi connectivity index (χ3n) is 13.0. The van der Waals surface area contributed by atoms with Crippen LogP contribution in [0.3, 0.4) is 0 Å². The SMILES string of the molecule is C1CCCC1.C1CCCC1.C1CCCC1.CC(C)P(c1nc(C(C)(C)C)cn1C)C(C)C.CC(C)[PH+](c1nc(C(C)(C)C)cn1C)C(C)C.CC(C)[PH+](c1nc(C(C)(C)C)cn1C)C(C)C.CC=[N-].CC=[N-].CC=[N-].CC=[N-].CC=[N-].[CH3-].[CH3-].[CH3-].[CH3-].[CH3-].[CH3-].[Ru+2].[Ru+2].[Ru+4]. The van der Waals surface area contributed by atoms with Crippen LogP contribution in [0.2, 0.25) is 0 Å². The van der Waals surface area contributed by atoms with Gasteiger partial charge in [0.1, 0.15) is 5.57 Å². The van der Waals surface area contributed by atoms with E-state index in [1.165, 1.54) is 130 Å². The van der Waals surface area contributed by atoms with E-state index in [-0.39, 0.29) is 127 Å². The molecule has 0 atom stereocenters. The first kappa shape index (κ1) is 123. The quantitative estimate of drug-likeness (QED) is 0.0902. The first-order chi connectivity index (χ1) is 37.5. The zero-order valence-corrected chi connectivity index (χ0v) is 73.7. The first-order valence-corrected chi connectivity index (χ1v) is 36.0. The molecule has 0 amide bonds. The number of aromatic nitrogens is 6. The third kappa shape index (κ3) is 59.6. The normalized spacial score (nSPS) is 12.2. The minimum absolute atomic E-state index is 0. The molecule has 11 nitrogen and oxygen atoms in total. The average Bonchev–Trinajstić information content (AvgIpc) is 4.19. The van der Waals surface area contributed by atoms with E-state index >= 15 is 0 Å². The van der Waals surface area contributed by atoms with E-state index in [4.69, 9.17) is 42.0 Å². The summed E-state index contributed by atoms with van der Waals surface area (Å²) in [5.41, 5.74) is 12.4. The van der Waals surface area contributed by atoms with E-state index < -0.39 is 15.8 Å². The molecular formula is C73H151N11P3Ru3-. The summed E-state index contributed by atoms with van der Waals surface area (Å²) in [7, 11) is 5.11. The Kier molecular flexibility index (Phi) is 96.7. The Morgan fingerprint density at radius 2 is 0.522 bits per heavy atom. The van der Waals surface area contributed by atoms with Crippen LogP contribution in [-0.4, -0.2) is 93.7 Å². The molecule has 3 aliphatic carbocycles. The summed E-state index contributed by atoms with van der Waals surface area (Å²) in [6.45, 7) is 55.8. The fraction of sp³-hybridized carbons (Fsp3) is 0.726. The molecule has 17 heteroatoms. The summed E-state index contributed by atoms with van der Waals surface area (Å²) in [5, 5.41) is 37.2. The van der Waals surface area contributed by atoms with Gasteiger partial charge in [-0.2, -0.15) is 0 Å². The maximum atomic E-state index is 7.44. The van der Waals surface area contributed by atoms with Crippen LogP contribution in [0.15, 0.2) is 18.6 Å². The molecule has 0 spiro atoms. The van der Waals surface area contributed by atoms with E-state index in [2.05, 4.69) is 199 Å². The minimum Gasteiger partial charge on any atom is -0.814 e. The van der Waals surface area contributed by atoms with Crippen molar-refractivity contribution in [2.24, 2.45) is 21.1 Å². The van der Waals surface area contributed by atoms with Crippen LogP contribution in [0.4, 0.5) is 0 Å². The summed E-state index contributed by atoms with van der Waals surface area (Å²) < 4.78 is 6.76. The van der Waals surface area contributed by atoms with Crippen molar-refractivity contribution in [1.29, 1.82) is 0 Å². The van der Waals surface area contributed by atoms with Crippen molar-refractivity contribution >= 4 is 71.5 Å². The van der Waals surface area contributed by atoms with Crippen LogP contribution in [-0.2, 0) is 95.8 Å². The third-order valence-corrected chi connectivity index (χ3v) is 23.0. The fourth-order valence-corrected chi connectivity index (χ4v) is 18.3. The Morgan fingerprint density at radius 1 is 0.367 bits per heavy atom. The molecule has 0 aromatic carbocycles. The molecule has 0 unspecified atom stereocenters. The van der Waals surface area contributed by atoms with Crippen molar-refractivity contribution in [1.82, 2.24) is 28.7 Å². The van der Waals surface area contributed by atoms with E-state index in [0.717, 1.165) is 53.7 Å². The largest absolute Gasteiger partial charge is 4.00 e. The molecule has 0 bridgehead atoms. The second-order valence-electron chi connectivity index (χ2n) is 26.1. The van der Waals surface area contributed by atoms with E-state index in [1.54, 1.807) is 34.6 Å². The number of nitrogens with zero attached hydrogens (tertiary/aromatic N) is 11. The van der Waals surface area contributed by atoms with Crippen molar-refractivity contribution in [2.75, 3.05) is 0 Å². The summed E-state index contributed by atoms with van der Waals surface area (Å²) in [6, 6.07) is 0. The minimum atomic E-state index is -0.573. The molecule has 3 aromatic rings. The predicted octanol–water partition coefficient (Wildman–Crippen LogP) is 22.2. The van der Waals surface area contributed by atoms with Crippen molar-refractivity contribution in [3.63, 3.8) is 0 Å². The monoisotopic (exact) mass is 1580 g/mol. The van der Waals surface area contributed by atoms with Crippen LogP contribution < -0.4 is 16.7 Å². The molecule has 3 aliphatic rings. The average molecular weight is 1580 g/mol. The van der Waals surface area contributed by atoms with Gasteiger partial charge in [0.25, 0.3) is 11.1 Å². The second-order valence-corrected chi connectivity index (χ2v) is 36.7. The zero-order chi connectivity index (χ0) is 64.3. The molecular weight excluding hydrogens is 1430 g/mol. The molecule has 3 heterocycles. The Balaban J connectivity index is -0.0000000627. The standard InChI is InChI=1S/3C14H27N2P.3C5H10.5C2H4N.6CH3.3Ru/c3*1-10(2)17(11(3)4)13-15-12(9-16(13)8)14(5,6)7;3*1-2-4-5-3-1;5*1-2-3;;;;;;;;;/h3*9-11H,1-8H3;3*1-5H2;5*2H,1H3;6*1H3;;;/q;;;;;;11*-1;2*+2;+4/p+2. The Bertz CT molecular complexity index is 1710. The topological polar surface area (TPSA) is 165 Å². The van der Waals surface area contributed by atoms with E-state index in [1.807, 2.05) is 0 Å². The molecule has 3 fully saturated rings. The van der Waals surface area contributed by atoms with Gasteiger partial charge in [0.05, 0.1) is 55.6 Å². The zero-order valence-electron chi connectivity index (χ0n) is 65.6. The molecule has 0 aliphatic heterocycles. The summed E-state index contributed by atoms with van der Waals surface area (Å²) in [6.07, 6.45) is 34.1. The number of aryl methyl sites for hydroxylation is 3. The van der Waals surface area contributed by atoms with E-state index in [9.17, 15) is 0 Å². The molecule has 90 heavy (non-hydrogen) atoms. The van der Waals surface area contributed by atoms with Gasteiger partial charge in [-0.15, -0.1) is 0 Å². The molecule has 3 saturated carbocycles. The molecule has 0 saturated heterocycles. The van der Waals surface area contributed by atoms with Crippen molar-refractivity contribution in [2.45, 2.75) is 327 Å². The van der Waals surface area contributed by atoms with Gasteiger partial charge in [-0.1, -0.05) is 221 Å². The van der Waals surface area contributed by atoms with Crippen molar-refractivity contribution in [3.05, 3.63) is 107 Å². The molecule has 3 aromatic heterocycles. The van der Waals surface area contributed by atoms with Crippen LogP contribution in [0.25, 0.3) is 27.0 Å². The molecule has 538 valence electrons. The second kappa shape index (κ2) is 70.9. The Labute approximate surface area is 608 Å². The Morgan fingerprint density at radius 3 is 0.644 bits per heavy atom. The van der Waals surface area contributed by atoms with Crippen LogP contribution in [0.5, 0.6) is 0 Å². The fourth-order valence-electron chi connectivity index (χ4n) is 9.33. The van der Waals surface area contributed by atoms with Crippen LogP contribution >= 0.6 is 23.8 Å². The van der Waals surface area contributed by atoms with Gasteiger partial charge < -0.3 is 85.3 Å². The van der Waals surface area contributed by atoms with Crippen LogP contribution in [0.1, 0.15) is 293 Å². The van der Waals surface area contributed by atoms with Gasteiger partial charge >= 0.3 is 58.4 Å². The van der Waals surface area contributed by atoms with Crippen LogP contribution in [0, 0.1) is 44.6 Å². The number of hydrogen-bond donors (Lipinski definition) is 0. The van der Waals surface area contributed by atoms with Gasteiger partial charge in [-0.05, 0) is 74.6 Å². The van der Waals surface area contributed by atoms with Gasteiger partial charge in [0.2, 0.25) is 0 Å². The smallest absolute Gasteiger partial charge is 0.814 e. The van der Waals surface area contributed by atoms with Gasteiger partial charge in [0, 0.05) is 56.0 Å². The maximum Gasteiger partial charge on any atom is 4.00 e.